The van der Waals surface area contributed by atoms with Crippen LogP contribution in [0.15, 0.2) is 65.1 Å². The first-order valence-electron chi connectivity index (χ1n) is 7.35. The molecule has 1 aromatic carbocycles. The second kappa shape index (κ2) is 9.46. The lowest BCUT2D eigenvalue weighted by Crippen LogP contribution is -2.03. The summed E-state index contributed by atoms with van der Waals surface area (Å²) in [6.45, 7) is 6.32. The molecule has 0 saturated carbocycles. The van der Waals surface area contributed by atoms with Crippen LogP contribution in [-0.2, 0) is 16.1 Å². The molecule has 0 bridgehead atoms. The maximum absolute atomic E-state index is 9.53. The number of nitrogens with zero attached hydrogens (tertiary/aromatic N) is 1. The second-order valence-corrected chi connectivity index (χ2v) is 4.79. The Morgan fingerprint density at radius 1 is 1.27 bits per heavy atom. The van der Waals surface area contributed by atoms with Crippen LogP contribution in [0.5, 0.6) is 0 Å². The van der Waals surface area contributed by atoms with Crippen LogP contribution in [0.1, 0.15) is 32.8 Å². The number of hydrogen-bond donors (Lipinski definition) is 0. The Balaban J connectivity index is 3.16. The molecule has 0 saturated heterocycles. The first kappa shape index (κ1) is 17.6. The van der Waals surface area contributed by atoms with E-state index in [9.17, 15) is 5.26 Å². The van der Waals surface area contributed by atoms with Crippen molar-refractivity contribution in [2.75, 3.05) is 7.11 Å². The highest BCUT2D eigenvalue weighted by atomic mass is 16.5. The highest BCUT2D eigenvalue weighted by molar-refractivity contribution is 5.46. The lowest BCUT2D eigenvalue weighted by atomic mass is 10.1. The minimum atomic E-state index is 0.422. The summed E-state index contributed by atoms with van der Waals surface area (Å²) in [6.07, 6.45) is 4.42. The van der Waals surface area contributed by atoms with Crippen LogP contribution in [0.25, 0.3) is 0 Å². The van der Waals surface area contributed by atoms with E-state index in [1.165, 1.54) is 0 Å². The summed E-state index contributed by atoms with van der Waals surface area (Å²) in [7, 11) is 1.56. The van der Waals surface area contributed by atoms with Gasteiger partial charge in [-0.2, -0.15) is 5.26 Å². The molecule has 22 heavy (non-hydrogen) atoms. The molecule has 0 spiro atoms. The fourth-order valence-corrected chi connectivity index (χ4v) is 1.92. The molecule has 116 valence electrons. The second-order valence-electron chi connectivity index (χ2n) is 4.79. The number of allylic oxidation sites excluding steroid dienone is 4. The van der Waals surface area contributed by atoms with E-state index in [-0.39, 0.29) is 0 Å². The number of benzene rings is 1. The molecule has 3 nitrogen and oxygen atoms in total. The lowest BCUT2D eigenvalue weighted by molar-refractivity contribution is 0.200. The molecule has 0 unspecified atom stereocenters. The fraction of sp³-hybridized carbons (Fsp3) is 0.316. The molecule has 0 aliphatic heterocycles. The first-order chi connectivity index (χ1) is 10.7. The van der Waals surface area contributed by atoms with Gasteiger partial charge in [-0.15, -0.1) is 0 Å². The van der Waals surface area contributed by atoms with Gasteiger partial charge < -0.3 is 9.47 Å². The van der Waals surface area contributed by atoms with Crippen molar-refractivity contribution >= 4 is 0 Å². The van der Waals surface area contributed by atoms with E-state index in [4.69, 9.17) is 9.47 Å². The van der Waals surface area contributed by atoms with Crippen molar-refractivity contribution in [3.05, 3.63) is 70.7 Å². The van der Waals surface area contributed by atoms with Crippen molar-refractivity contribution in [1.82, 2.24) is 0 Å². The van der Waals surface area contributed by atoms with E-state index >= 15 is 0 Å². The third kappa shape index (κ3) is 4.82. The van der Waals surface area contributed by atoms with E-state index in [1.807, 2.05) is 57.2 Å². The molecule has 0 aliphatic rings. The molecular weight excluding hydrogens is 274 g/mol. The average molecular weight is 297 g/mol. The number of nitriles is 1. The topological polar surface area (TPSA) is 42.2 Å². The molecule has 0 aromatic heterocycles. The summed E-state index contributed by atoms with van der Waals surface area (Å²) in [4.78, 5) is 0. The van der Waals surface area contributed by atoms with Crippen molar-refractivity contribution < 1.29 is 9.47 Å². The SMILES string of the molecule is C\C=C/C(OC)=C(C#N)\C(OCc1ccccc1)=C(/C)CC. The predicted octanol–water partition coefficient (Wildman–Crippen LogP) is 4.89. The van der Waals surface area contributed by atoms with Gasteiger partial charge in [0.1, 0.15) is 29.8 Å². The molecule has 0 N–H and O–H groups in total. The largest absolute Gasteiger partial charge is 0.495 e. The molecule has 0 aliphatic carbocycles. The Labute approximate surface area is 133 Å². The van der Waals surface area contributed by atoms with Crippen molar-refractivity contribution in [2.45, 2.75) is 33.8 Å². The summed E-state index contributed by atoms with van der Waals surface area (Å²) in [6, 6.07) is 12.1. The highest BCUT2D eigenvalue weighted by Gasteiger charge is 2.15. The highest BCUT2D eigenvalue weighted by Crippen LogP contribution is 2.24. The van der Waals surface area contributed by atoms with Gasteiger partial charge in [0, 0.05) is 0 Å². The van der Waals surface area contributed by atoms with Gasteiger partial charge in [-0.05, 0) is 37.5 Å². The van der Waals surface area contributed by atoms with Gasteiger partial charge in [0.05, 0.1) is 7.11 Å². The van der Waals surface area contributed by atoms with Gasteiger partial charge in [-0.1, -0.05) is 43.3 Å². The quantitative estimate of drug-likeness (QED) is 0.409. The van der Waals surface area contributed by atoms with E-state index in [0.717, 1.165) is 17.6 Å². The standard InChI is InChI=1S/C19H23NO2/c1-5-10-18(21-4)17(13-20)19(15(3)6-2)22-14-16-11-8-7-9-12-16/h5,7-12H,6,14H2,1-4H3/b10-5-,18-17+,19-15-. The van der Waals surface area contributed by atoms with Gasteiger partial charge in [0.25, 0.3) is 0 Å². The Bertz CT molecular complexity index is 604. The van der Waals surface area contributed by atoms with Crippen LogP contribution in [0.4, 0.5) is 0 Å². The fourth-order valence-electron chi connectivity index (χ4n) is 1.92. The van der Waals surface area contributed by atoms with Crippen molar-refractivity contribution in [2.24, 2.45) is 0 Å². The van der Waals surface area contributed by atoms with Gasteiger partial charge >= 0.3 is 0 Å². The first-order valence-corrected chi connectivity index (χ1v) is 7.35. The molecule has 0 amide bonds. The molecular formula is C19H23NO2. The third-order valence-corrected chi connectivity index (χ3v) is 3.27. The molecule has 0 fully saturated rings. The number of ether oxygens (including phenoxy) is 2. The van der Waals surface area contributed by atoms with Crippen LogP contribution in [0.2, 0.25) is 0 Å². The van der Waals surface area contributed by atoms with Crippen LogP contribution in [0.3, 0.4) is 0 Å². The van der Waals surface area contributed by atoms with Gasteiger partial charge in [0.15, 0.2) is 0 Å². The molecule has 1 rings (SSSR count). The molecule has 0 heterocycles. The molecule has 1 aromatic rings. The zero-order valence-corrected chi connectivity index (χ0v) is 13.7. The van der Waals surface area contributed by atoms with Gasteiger partial charge in [-0.3, -0.25) is 0 Å². The molecule has 3 heteroatoms. The number of hydrogen-bond acceptors (Lipinski definition) is 3. The smallest absolute Gasteiger partial charge is 0.140 e. The van der Waals surface area contributed by atoms with Crippen LogP contribution in [-0.4, -0.2) is 7.11 Å². The maximum Gasteiger partial charge on any atom is 0.140 e. The van der Waals surface area contributed by atoms with Crippen molar-refractivity contribution in [3.63, 3.8) is 0 Å². The normalized spacial score (nSPS) is 13.2. The monoisotopic (exact) mass is 297 g/mol. The van der Waals surface area contributed by atoms with Crippen molar-refractivity contribution in [1.29, 1.82) is 5.26 Å². The van der Waals surface area contributed by atoms with E-state index in [2.05, 4.69) is 6.07 Å². The summed E-state index contributed by atoms with van der Waals surface area (Å²) in [5.74, 6) is 1.12. The van der Waals surface area contributed by atoms with Crippen LogP contribution < -0.4 is 0 Å². The number of rotatable bonds is 7. The summed E-state index contributed by atoms with van der Waals surface area (Å²) in [5, 5.41) is 9.53. The Morgan fingerprint density at radius 3 is 2.45 bits per heavy atom. The Morgan fingerprint density at radius 2 is 1.95 bits per heavy atom. The van der Waals surface area contributed by atoms with Gasteiger partial charge in [-0.25, -0.2) is 0 Å². The van der Waals surface area contributed by atoms with E-state index in [1.54, 1.807) is 13.2 Å². The Hall–Kier alpha value is -2.47. The number of methoxy groups -OCH3 is 1. The van der Waals surface area contributed by atoms with Crippen LogP contribution >= 0.6 is 0 Å². The summed E-state index contributed by atoms with van der Waals surface area (Å²) in [5.41, 5.74) is 2.51. The maximum atomic E-state index is 9.53. The van der Waals surface area contributed by atoms with E-state index < -0.39 is 0 Å². The van der Waals surface area contributed by atoms with Gasteiger partial charge in [0.2, 0.25) is 0 Å². The third-order valence-electron chi connectivity index (χ3n) is 3.27. The lowest BCUT2D eigenvalue weighted by Gasteiger charge is -2.15. The zero-order chi connectivity index (χ0) is 16.4. The molecule has 0 atom stereocenters. The summed E-state index contributed by atoms with van der Waals surface area (Å²) < 4.78 is 11.3. The van der Waals surface area contributed by atoms with Crippen molar-refractivity contribution in [3.8, 4) is 6.07 Å². The minimum Gasteiger partial charge on any atom is -0.495 e. The van der Waals surface area contributed by atoms with Crippen LogP contribution in [0, 0.1) is 11.3 Å². The molecule has 0 radical (unpaired) electrons. The summed E-state index contributed by atoms with van der Waals surface area (Å²) >= 11 is 0. The zero-order valence-electron chi connectivity index (χ0n) is 13.7. The Kier molecular flexibility index (Phi) is 7.56. The average Bonchev–Trinajstić information content (AvgIpc) is 2.57. The van der Waals surface area contributed by atoms with E-state index in [0.29, 0.717) is 23.7 Å². The predicted molar refractivity (Wildman–Crippen MR) is 88.7 cm³/mol. The minimum absolute atomic E-state index is 0.422.